The lowest BCUT2D eigenvalue weighted by molar-refractivity contribution is 0.477. The summed E-state index contributed by atoms with van der Waals surface area (Å²) in [7, 11) is 0. The van der Waals surface area contributed by atoms with Crippen LogP contribution in [0, 0.1) is 5.41 Å². The molecule has 0 fully saturated rings. The van der Waals surface area contributed by atoms with Crippen molar-refractivity contribution in [3.05, 3.63) is 53.9 Å². The van der Waals surface area contributed by atoms with Crippen LogP contribution in [0.3, 0.4) is 0 Å². The van der Waals surface area contributed by atoms with Crippen molar-refractivity contribution in [2.24, 2.45) is 5.73 Å². The van der Waals surface area contributed by atoms with Gasteiger partial charge in [0.2, 0.25) is 0 Å². The molecule has 0 spiro atoms. The zero-order valence-electron chi connectivity index (χ0n) is 12.0. The van der Waals surface area contributed by atoms with Gasteiger partial charge >= 0.3 is 0 Å². The van der Waals surface area contributed by atoms with E-state index in [1.807, 2.05) is 24.3 Å². The fraction of sp³-hybridized carbons (Fsp3) is 0.250. The molecular weight excluding hydrogens is 250 g/mol. The maximum atomic E-state index is 7.49. The molecule has 4 heteroatoms. The summed E-state index contributed by atoms with van der Waals surface area (Å²) in [4.78, 5) is 4.06. The second kappa shape index (κ2) is 5.33. The van der Waals surface area contributed by atoms with E-state index in [0.717, 1.165) is 0 Å². The molecule has 0 aliphatic carbocycles. The molecule has 1 aromatic heterocycles. The first kappa shape index (κ1) is 14.1. The molecule has 0 aliphatic heterocycles. The van der Waals surface area contributed by atoms with E-state index in [4.69, 9.17) is 15.9 Å². The quantitative estimate of drug-likeness (QED) is 0.662. The molecule has 2 aromatic rings. The van der Waals surface area contributed by atoms with Crippen LogP contribution in [-0.4, -0.2) is 10.8 Å². The van der Waals surface area contributed by atoms with Gasteiger partial charge in [-0.25, -0.2) is 4.98 Å². The third-order valence-corrected chi connectivity index (χ3v) is 2.97. The molecule has 4 nitrogen and oxygen atoms in total. The highest BCUT2D eigenvalue weighted by atomic mass is 16.5. The van der Waals surface area contributed by atoms with Crippen molar-refractivity contribution in [3.63, 3.8) is 0 Å². The number of amidine groups is 1. The molecule has 0 saturated carbocycles. The third kappa shape index (κ3) is 3.15. The summed E-state index contributed by atoms with van der Waals surface area (Å²) in [5.74, 6) is 1.09. The first-order chi connectivity index (χ1) is 9.38. The smallest absolute Gasteiger partial charge is 0.156 e. The van der Waals surface area contributed by atoms with Crippen LogP contribution in [0.15, 0.2) is 42.6 Å². The average molecular weight is 269 g/mol. The minimum absolute atomic E-state index is 0.105. The maximum absolute atomic E-state index is 7.49. The van der Waals surface area contributed by atoms with Crippen LogP contribution in [0.2, 0.25) is 0 Å². The van der Waals surface area contributed by atoms with Crippen LogP contribution in [0.25, 0.3) is 0 Å². The van der Waals surface area contributed by atoms with Gasteiger partial charge in [0.25, 0.3) is 0 Å². The number of nitrogens with zero attached hydrogens (tertiary/aromatic N) is 1. The van der Waals surface area contributed by atoms with Gasteiger partial charge in [-0.05, 0) is 35.2 Å². The normalized spacial score (nSPS) is 11.2. The second-order valence-corrected chi connectivity index (χ2v) is 5.64. The Kier molecular flexibility index (Phi) is 3.74. The molecule has 0 aliphatic rings. The molecule has 0 atom stereocenters. The van der Waals surface area contributed by atoms with E-state index in [1.165, 1.54) is 5.56 Å². The molecule has 20 heavy (non-hydrogen) atoms. The van der Waals surface area contributed by atoms with Crippen LogP contribution < -0.4 is 10.5 Å². The molecule has 3 N–H and O–H groups in total. The van der Waals surface area contributed by atoms with Crippen LogP contribution >= 0.6 is 0 Å². The van der Waals surface area contributed by atoms with Crippen LogP contribution in [0.1, 0.15) is 32.0 Å². The molecule has 0 unspecified atom stereocenters. The van der Waals surface area contributed by atoms with E-state index in [2.05, 4.69) is 25.8 Å². The predicted octanol–water partition coefficient (Wildman–Crippen LogP) is 3.46. The molecule has 0 bridgehead atoms. The zero-order chi connectivity index (χ0) is 14.8. The number of nitrogens with one attached hydrogen (secondary N) is 1. The van der Waals surface area contributed by atoms with E-state index in [9.17, 15) is 0 Å². The number of pyridine rings is 1. The number of ether oxygens (including phenoxy) is 1. The standard InChI is InChI=1S/C16H19N3O/c1-16(2,3)11-6-8-12(9-7-11)20-13-5-4-10-19-14(13)15(17)18/h4-10H,1-3H3,(H3,17,18). The molecule has 2 rings (SSSR count). The highest BCUT2D eigenvalue weighted by Gasteiger charge is 2.14. The van der Waals surface area contributed by atoms with Crippen LogP contribution in [0.5, 0.6) is 11.5 Å². The third-order valence-electron chi connectivity index (χ3n) is 2.97. The van der Waals surface area contributed by atoms with Gasteiger partial charge < -0.3 is 10.5 Å². The van der Waals surface area contributed by atoms with Crippen molar-refractivity contribution < 1.29 is 4.74 Å². The Balaban J connectivity index is 2.25. The van der Waals surface area contributed by atoms with Crippen molar-refractivity contribution in [2.75, 3.05) is 0 Å². The summed E-state index contributed by atoms with van der Waals surface area (Å²) in [5.41, 5.74) is 7.19. The molecule has 0 radical (unpaired) electrons. The van der Waals surface area contributed by atoms with Gasteiger partial charge in [0.1, 0.15) is 17.3 Å². The van der Waals surface area contributed by atoms with E-state index >= 15 is 0 Å². The van der Waals surface area contributed by atoms with Gasteiger partial charge in [0, 0.05) is 6.20 Å². The molecule has 0 saturated heterocycles. The predicted molar refractivity (Wildman–Crippen MR) is 80.5 cm³/mol. The summed E-state index contributed by atoms with van der Waals surface area (Å²) < 4.78 is 5.76. The number of nitrogens with two attached hydrogens (primary N) is 1. The van der Waals surface area contributed by atoms with Crippen molar-refractivity contribution in [1.29, 1.82) is 5.41 Å². The first-order valence-corrected chi connectivity index (χ1v) is 6.46. The average Bonchev–Trinajstić information content (AvgIpc) is 2.38. The number of hydrogen-bond donors (Lipinski definition) is 2. The molecule has 0 amide bonds. The van der Waals surface area contributed by atoms with Gasteiger partial charge in [0.15, 0.2) is 5.75 Å². The van der Waals surface area contributed by atoms with Gasteiger partial charge in [-0.1, -0.05) is 32.9 Å². The first-order valence-electron chi connectivity index (χ1n) is 6.46. The summed E-state index contributed by atoms with van der Waals surface area (Å²) in [6, 6.07) is 11.4. The van der Waals surface area contributed by atoms with E-state index in [0.29, 0.717) is 17.2 Å². The SMILES string of the molecule is CC(C)(C)c1ccc(Oc2cccnc2C(=N)N)cc1. The summed E-state index contributed by atoms with van der Waals surface area (Å²) >= 11 is 0. The number of benzene rings is 1. The fourth-order valence-corrected chi connectivity index (χ4v) is 1.83. The Labute approximate surface area is 119 Å². The minimum atomic E-state index is -0.105. The Morgan fingerprint density at radius 1 is 1.15 bits per heavy atom. The lowest BCUT2D eigenvalue weighted by Gasteiger charge is -2.19. The van der Waals surface area contributed by atoms with Crippen molar-refractivity contribution in [1.82, 2.24) is 4.98 Å². The van der Waals surface area contributed by atoms with Crippen molar-refractivity contribution >= 4 is 5.84 Å². The minimum Gasteiger partial charge on any atom is -0.455 e. The lowest BCUT2D eigenvalue weighted by atomic mass is 9.87. The fourth-order valence-electron chi connectivity index (χ4n) is 1.83. The molecular formula is C16H19N3O. The van der Waals surface area contributed by atoms with Gasteiger partial charge in [-0.2, -0.15) is 0 Å². The lowest BCUT2D eigenvalue weighted by Crippen LogP contribution is -2.14. The number of aromatic nitrogens is 1. The molecule has 1 aromatic carbocycles. The number of hydrogen-bond acceptors (Lipinski definition) is 3. The van der Waals surface area contributed by atoms with Gasteiger partial charge in [-0.3, -0.25) is 5.41 Å². The van der Waals surface area contributed by atoms with Crippen molar-refractivity contribution in [2.45, 2.75) is 26.2 Å². The number of rotatable bonds is 3. The Bertz CT molecular complexity index is 612. The highest BCUT2D eigenvalue weighted by molar-refractivity contribution is 5.95. The van der Waals surface area contributed by atoms with E-state index < -0.39 is 0 Å². The Morgan fingerprint density at radius 2 is 1.80 bits per heavy atom. The highest BCUT2D eigenvalue weighted by Crippen LogP contribution is 2.27. The Hall–Kier alpha value is -2.36. The largest absolute Gasteiger partial charge is 0.455 e. The van der Waals surface area contributed by atoms with E-state index in [1.54, 1.807) is 18.3 Å². The Morgan fingerprint density at radius 3 is 2.35 bits per heavy atom. The van der Waals surface area contributed by atoms with Crippen LogP contribution in [0.4, 0.5) is 0 Å². The summed E-state index contributed by atoms with van der Waals surface area (Å²) in [6.07, 6.45) is 1.59. The van der Waals surface area contributed by atoms with Gasteiger partial charge in [0.05, 0.1) is 0 Å². The van der Waals surface area contributed by atoms with Crippen LogP contribution in [-0.2, 0) is 5.41 Å². The topological polar surface area (TPSA) is 72.0 Å². The summed E-state index contributed by atoms with van der Waals surface area (Å²) in [6.45, 7) is 6.49. The molecule has 104 valence electrons. The second-order valence-electron chi connectivity index (χ2n) is 5.64. The molecule has 1 heterocycles. The summed E-state index contributed by atoms with van der Waals surface area (Å²) in [5, 5.41) is 7.49. The van der Waals surface area contributed by atoms with Crippen molar-refractivity contribution in [3.8, 4) is 11.5 Å². The number of nitrogen functional groups attached to an aromatic ring is 1. The van der Waals surface area contributed by atoms with Gasteiger partial charge in [-0.15, -0.1) is 0 Å². The maximum Gasteiger partial charge on any atom is 0.156 e. The van der Waals surface area contributed by atoms with E-state index in [-0.39, 0.29) is 11.3 Å². The zero-order valence-corrected chi connectivity index (χ0v) is 12.0. The monoisotopic (exact) mass is 269 g/mol.